The molecule has 20 heavy (non-hydrogen) atoms. The summed E-state index contributed by atoms with van der Waals surface area (Å²) in [4.78, 5) is 11.7. The monoisotopic (exact) mass is 328 g/mol. The standard InChI is InChI=1S/C16H13BrN2O/c17-15(11-13-7-3-1-4-8-13)12-18-19-16(20)14-9-5-2-6-10-14/h1-12H,(H,19,20)/b15-11+,18-12-. The van der Waals surface area contributed by atoms with Gasteiger partial charge in [-0.15, -0.1) is 0 Å². The van der Waals surface area contributed by atoms with Gasteiger partial charge < -0.3 is 0 Å². The topological polar surface area (TPSA) is 41.5 Å². The van der Waals surface area contributed by atoms with Gasteiger partial charge in [0.1, 0.15) is 0 Å². The Bertz CT molecular complexity index is 621. The summed E-state index contributed by atoms with van der Waals surface area (Å²) in [5.74, 6) is -0.234. The number of nitrogens with one attached hydrogen (secondary N) is 1. The third-order valence-corrected chi connectivity index (χ3v) is 2.93. The first-order chi connectivity index (χ1) is 9.75. The number of nitrogens with zero attached hydrogens (tertiary/aromatic N) is 1. The van der Waals surface area contributed by atoms with Gasteiger partial charge in [0.2, 0.25) is 0 Å². The van der Waals surface area contributed by atoms with Crippen molar-refractivity contribution in [2.75, 3.05) is 0 Å². The molecule has 0 aliphatic carbocycles. The van der Waals surface area contributed by atoms with Crippen molar-refractivity contribution in [1.82, 2.24) is 5.43 Å². The molecule has 0 fully saturated rings. The Morgan fingerprint density at radius 3 is 2.25 bits per heavy atom. The number of carbonyl (C=O) groups is 1. The maximum absolute atomic E-state index is 11.7. The number of hydrazone groups is 1. The van der Waals surface area contributed by atoms with Gasteiger partial charge in [0.25, 0.3) is 5.91 Å². The van der Waals surface area contributed by atoms with Crippen LogP contribution in [0.1, 0.15) is 15.9 Å². The molecule has 0 atom stereocenters. The second kappa shape index (κ2) is 7.40. The van der Waals surface area contributed by atoms with Crippen LogP contribution in [0.25, 0.3) is 6.08 Å². The van der Waals surface area contributed by atoms with Crippen LogP contribution in [0.2, 0.25) is 0 Å². The molecule has 0 heterocycles. The van der Waals surface area contributed by atoms with E-state index in [0.717, 1.165) is 10.0 Å². The number of amides is 1. The minimum Gasteiger partial charge on any atom is -0.267 e. The van der Waals surface area contributed by atoms with Gasteiger partial charge in [-0.3, -0.25) is 4.79 Å². The van der Waals surface area contributed by atoms with Gasteiger partial charge in [0.05, 0.1) is 6.21 Å². The normalized spacial score (nSPS) is 11.6. The summed E-state index contributed by atoms with van der Waals surface area (Å²) in [6.45, 7) is 0. The van der Waals surface area contributed by atoms with E-state index < -0.39 is 0 Å². The van der Waals surface area contributed by atoms with Crippen LogP contribution in [0, 0.1) is 0 Å². The molecule has 0 radical (unpaired) electrons. The van der Waals surface area contributed by atoms with E-state index in [1.165, 1.54) is 0 Å². The van der Waals surface area contributed by atoms with Crippen molar-refractivity contribution in [3.05, 3.63) is 76.3 Å². The molecular weight excluding hydrogens is 316 g/mol. The predicted octanol–water partition coefficient (Wildman–Crippen LogP) is 3.84. The molecule has 1 N–H and O–H groups in total. The van der Waals surface area contributed by atoms with Gasteiger partial charge in [-0.25, -0.2) is 5.43 Å². The summed E-state index contributed by atoms with van der Waals surface area (Å²) in [5.41, 5.74) is 4.11. The lowest BCUT2D eigenvalue weighted by atomic mass is 10.2. The Kier molecular flexibility index (Phi) is 5.26. The largest absolute Gasteiger partial charge is 0.271 e. The van der Waals surface area contributed by atoms with Crippen molar-refractivity contribution in [3.8, 4) is 0 Å². The molecule has 0 bridgehead atoms. The van der Waals surface area contributed by atoms with E-state index in [0.29, 0.717) is 5.56 Å². The molecule has 0 aliphatic rings. The van der Waals surface area contributed by atoms with Crippen LogP contribution in [0.4, 0.5) is 0 Å². The van der Waals surface area contributed by atoms with Crippen LogP contribution in [0.5, 0.6) is 0 Å². The Morgan fingerprint density at radius 1 is 1.00 bits per heavy atom. The summed E-state index contributed by atoms with van der Waals surface area (Å²) in [6.07, 6.45) is 3.46. The zero-order valence-corrected chi connectivity index (χ0v) is 12.2. The fourth-order valence-corrected chi connectivity index (χ4v) is 1.92. The lowest BCUT2D eigenvalue weighted by molar-refractivity contribution is 0.0955. The Labute approximate surface area is 126 Å². The van der Waals surface area contributed by atoms with Crippen molar-refractivity contribution in [2.45, 2.75) is 0 Å². The SMILES string of the molecule is O=C(N/N=C\C(Br)=C/c1ccccc1)c1ccccc1. The number of allylic oxidation sites excluding steroid dienone is 1. The van der Waals surface area contributed by atoms with E-state index in [2.05, 4.69) is 26.5 Å². The van der Waals surface area contributed by atoms with Gasteiger partial charge in [-0.1, -0.05) is 48.5 Å². The minimum absolute atomic E-state index is 0.234. The highest BCUT2D eigenvalue weighted by atomic mass is 79.9. The fourth-order valence-electron chi connectivity index (χ4n) is 1.55. The molecule has 2 aromatic carbocycles. The van der Waals surface area contributed by atoms with Crippen LogP contribution < -0.4 is 5.43 Å². The second-order valence-electron chi connectivity index (χ2n) is 4.01. The maximum Gasteiger partial charge on any atom is 0.271 e. The van der Waals surface area contributed by atoms with Crippen LogP contribution >= 0.6 is 15.9 Å². The average Bonchev–Trinajstić information content (AvgIpc) is 2.49. The molecule has 4 heteroatoms. The summed E-state index contributed by atoms with van der Waals surface area (Å²) >= 11 is 3.38. The number of halogens is 1. The van der Waals surface area contributed by atoms with E-state index in [1.54, 1.807) is 18.3 Å². The Morgan fingerprint density at radius 2 is 1.60 bits per heavy atom. The third kappa shape index (κ3) is 4.48. The smallest absolute Gasteiger partial charge is 0.267 e. The molecule has 0 saturated heterocycles. The van der Waals surface area contributed by atoms with E-state index in [9.17, 15) is 4.79 Å². The van der Waals surface area contributed by atoms with Crippen LogP contribution in [0.3, 0.4) is 0 Å². The maximum atomic E-state index is 11.7. The average molecular weight is 329 g/mol. The fraction of sp³-hybridized carbons (Fsp3) is 0. The van der Waals surface area contributed by atoms with E-state index in [4.69, 9.17) is 0 Å². The number of benzene rings is 2. The first-order valence-electron chi connectivity index (χ1n) is 6.06. The molecule has 0 unspecified atom stereocenters. The number of carbonyl (C=O) groups excluding carboxylic acids is 1. The van der Waals surface area contributed by atoms with E-state index in [1.807, 2.05) is 54.6 Å². The first-order valence-corrected chi connectivity index (χ1v) is 6.86. The third-order valence-electron chi connectivity index (χ3n) is 2.49. The highest BCUT2D eigenvalue weighted by Crippen LogP contribution is 2.09. The molecule has 1 amide bonds. The predicted molar refractivity (Wildman–Crippen MR) is 85.7 cm³/mol. The van der Waals surface area contributed by atoms with Crippen LogP contribution in [-0.4, -0.2) is 12.1 Å². The molecular formula is C16H13BrN2O. The zero-order valence-electron chi connectivity index (χ0n) is 10.7. The minimum atomic E-state index is -0.234. The molecule has 0 saturated carbocycles. The van der Waals surface area contributed by atoms with Crippen molar-refractivity contribution in [2.24, 2.45) is 5.10 Å². The van der Waals surface area contributed by atoms with Gasteiger partial charge in [-0.2, -0.15) is 5.10 Å². The molecule has 0 spiro atoms. The van der Waals surface area contributed by atoms with E-state index in [-0.39, 0.29) is 5.91 Å². The number of hydrogen-bond acceptors (Lipinski definition) is 2. The van der Waals surface area contributed by atoms with Crippen molar-refractivity contribution in [1.29, 1.82) is 0 Å². The van der Waals surface area contributed by atoms with E-state index >= 15 is 0 Å². The Balaban J connectivity index is 1.94. The molecule has 0 aliphatic heterocycles. The molecule has 2 rings (SSSR count). The quantitative estimate of drug-likeness (QED) is 0.672. The zero-order chi connectivity index (χ0) is 14.2. The summed E-state index contributed by atoms with van der Waals surface area (Å²) in [6, 6.07) is 18.8. The molecule has 0 aromatic heterocycles. The Hall–Kier alpha value is -2.20. The van der Waals surface area contributed by atoms with Crippen molar-refractivity contribution >= 4 is 34.1 Å². The number of rotatable bonds is 4. The van der Waals surface area contributed by atoms with Gasteiger partial charge >= 0.3 is 0 Å². The number of hydrogen-bond donors (Lipinski definition) is 1. The molecule has 3 nitrogen and oxygen atoms in total. The van der Waals surface area contributed by atoms with Crippen LogP contribution in [0.15, 0.2) is 70.2 Å². The lowest BCUT2D eigenvalue weighted by Crippen LogP contribution is -2.17. The summed E-state index contributed by atoms with van der Waals surface area (Å²) in [5, 5.41) is 3.90. The first kappa shape index (κ1) is 14.2. The van der Waals surface area contributed by atoms with Crippen LogP contribution in [-0.2, 0) is 0 Å². The van der Waals surface area contributed by atoms with Gasteiger partial charge in [0.15, 0.2) is 0 Å². The molecule has 100 valence electrons. The van der Waals surface area contributed by atoms with Crippen molar-refractivity contribution < 1.29 is 4.79 Å². The second-order valence-corrected chi connectivity index (χ2v) is 4.92. The van der Waals surface area contributed by atoms with Gasteiger partial charge in [-0.05, 0) is 39.7 Å². The lowest BCUT2D eigenvalue weighted by Gasteiger charge is -1.98. The van der Waals surface area contributed by atoms with Crippen molar-refractivity contribution in [3.63, 3.8) is 0 Å². The molecule has 2 aromatic rings. The van der Waals surface area contributed by atoms with Gasteiger partial charge in [0, 0.05) is 10.0 Å². The summed E-state index contributed by atoms with van der Waals surface area (Å²) < 4.78 is 0.775. The highest BCUT2D eigenvalue weighted by Gasteiger charge is 2.01. The summed E-state index contributed by atoms with van der Waals surface area (Å²) in [7, 11) is 0. The highest BCUT2D eigenvalue weighted by molar-refractivity contribution is 9.12.